The van der Waals surface area contributed by atoms with Gasteiger partial charge in [0.1, 0.15) is 17.3 Å². The number of hydrogen-bond donors (Lipinski definition) is 0. The molecule has 0 radical (unpaired) electrons. The lowest BCUT2D eigenvalue weighted by Gasteiger charge is -2.09. The number of nitrogens with zero attached hydrogens (tertiary/aromatic N) is 3. The van der Waals surface area contributed by atoms with Crippen molar-refractivity contribution in [1.82, 2.24) is 9.78 Å². The lowest BCUT2D eigenvalue weighted by molar-refractivity contribution is 0.137. The molecule has 0 N–H and O–H groups in total. The first kappa shape index (κ1) is 39.0. The van der Waals surface area contributed by atoms with Gasteiger partial charge in [0.2, 0.25) is 0 Å². The summed E-state index contributed by atoms with van der Waals surface area (Å²) in [4.78, 5) is 5.13. The summed E-state index contributed by atoms with van der Waals surface area (Å²) < 4.78 is 14.1. The van der Waals surface area contributed by atoms with Crippen molar-refractivity contribution in [2.45, 2.75) is 92.9 Å². The first-order chi connectivity index (χ1) is 23.5. The quantitative estimate of drug-likeness (QED) is 0.0399. The van der Waals surface area contributed by atoms with Gasteiger partial charge >= 0.3 is 0 Å². The molecular formula is C44H57N3O2. The normalized spacial score (nSPS) is 12.8. The highest BCUT2D eigenvalue weighted by Gasteiger charge is 2.18. The average molecular weight is 660 g/mol. The zero-order valence-electron chi connectivity index (χ0n) is 30.9. The molecule has 0 saturated heterocycles. The van der Waals surface area contributed by atoms with E-state index in [1.807, 2.05) is 29.2 Å². The molecule has 2 heterocycles. The number of aliphatic imine (C=N–C) groups is 1. The van der Waals surface area contributed by atoms with Crippen LogP contribution in [0.2, 0.25) is 0 Å². The number of ether oxygens (including phenoxy) is 1. The van der Waals surface area contributed by atoms with E-state index in [0.29, 0.717) is 30.9 Å². The van der Waals surface area contributed by atoms with E-state index in [4.69, 9.17) is 14.1 Å². The maximum atomic E-state index is 6.56. The van der Waals surface area contributed by atoms with Crippen molar-refractivity contribution in [3.05, 3.63) is 133 Å². The van der Waals surface area contributed by atoms with Crippen LogP contribution in [0.1, 0.15) is 103 Å². The minimum Gasteiger partial charge on any atom is -0.454 e. The Morgan fingerprint density at radius 2 is 1.80 bits per heavy atom. The molecule has 0 aliphatic heterocycles. The van der Waals surface area contributed by atoms with Crippen LogP contribution in [-0.4, -0.2) is 28.8 Å². The molecule has 0 unspecified atom stereocenters. The van der Waals surface area contributed by atoms with Crippen molar-refractivity contribution in [2.75, 3.05) is 13.2 Å². The third kappa shape index (κ3) is 12.8. The fourth-order valence-electron chi connectivity index (χ4n) is 5.33. The number of allylic oxidation sites excluding steroid dienone is 9. The van der Waals surface area contributed by atoms with Crippen LogP contribution < -0.4 is 0 Å². The highest BCUT2D eigenvalue weighted by atomic mass is 16.5. The molecule has 0 atom stereocenters. The van der Waals surface area contributed by atoms with Gasteiger partial charge in [-0.3, -0.25) is 0 Å². The second-order valence-electron chi connectivity index (χ2n) is 13.1. The van der Waals surface area contributed by atoms with Gasteiger partial charge in [0, 0.05) is 30.9 Å². The van der Waals surface area contributed by atoms with Crippen LogP contribution in [0.3, 0.4) is 0 Å². The van der Waals surface area contributed by atoms with Gasteiger partial charge in [-0.1, -0.05) is 85.4 Å². The molecule has 5 nitrogen and oxygen atoms in total. The first-order valence-corrected chi connectivity index (χ1v) is 17.6. The Hall–Kier alpha value is -4.48. The van der Waals surface area contributed by atoms with Crippen molar-refractivity contribution in [2.24, 2.45) is 4.99 Å². The number of aromatic nitrogens is 2. The molecule has 0 bridgehead atoms. The van der Waals surface area contributed by atoms with E-state index in [2.05, 4.69) is 115 Å². The van der Waals surface area contributed by atoms with Crippen LogP contribution in [0.4, 0.5) is 5.69 Å². The van der Waals surface area contributed by atoms with E-state index < -0.39 is 0 Å². The van der Waals surface area contributed by atoms with Gasteiger partial charge in [-0.2, -0.15) is 5.10 Å². The van der Waals surface area contributed by atoms with E-state index in [9.17, 15) is 0 Å². The average Bonchev–Trinajstić information content (AvgIpc) is 3.73. The van der Waals surface area contributed by atoms with Crippen molar-refractivity contribution < 1.29 is 9.15 Å². The summed E-state index contributed by atoms with van der Waals surface area (Å²) in [6, 6.07) is 10.4. The second kappa shape index (κ2) is 20.1. The minimum atomic E-state index is 0.526. The highest BCUT2D eigenvalue weighted by molar-refractivity contribution is 5.90. The summed E-state index contributed by atoms with van der Waals surface area (Å²) >= 11 is 0. The van der Waals surface area contributed by atoms with Crippen LogP contribution in [0.15, 0.2) is 125 Å². The highest BCUT2D eigenvalue weighted by Crippen LogP contribution is 2.36. The summed E-state index contributed by atoms with van der Waals surface area (Å²) in [6.07, 6.45) is 19.8. The Bertz CT molecular complexity index is 1720. The molecule has 3 aromatic rings. The number of benzene rings is 1. The van der Waals surface area contributed by atoms with E-state index in [1.54, 1.807) is 0 Å². The molecule has 2 aromatic heterocycles. The third-order valence-corrected chi connectivity index (χ3v) is 8.26. The Balaban J connectivity index is 1.95. The van der Waals surface area contributed by atoms with E-state index in [-0.39, 0.29) is 0 Å². The van der Waals surface area contributed by atoms with Crippen molar-refractivity contribution in [3.63, 3.8) is 0 Å². The minimum absolute atomic E-state index is 0.526. The first-order valence-electron chi connectivity index (χ1n) is 17.6. The predicted octanol–water partition coefficient (Wildman–Crippen LogP) is 12.8. The van der Waals surface area contributed by atoms with E-state index in [0.717, 1.165) is 71.7 Å². The number of rotatable bonds is 20. The maximum Gasteiger partial charge on any atom is 0.156 e. The lowest BCUT2D eigenvalue weighted by atomic mass is 10.0. The van der Waals surface area contributed by atoms with E-state index >= 15 is 0 Å². The Morgan fingerprint density at radius 1 is 1.00 bits per heavy atom. The Kier molecular flexibility index (Phi) is 16.0. The van der Waals surface area contributed by atoms with Crippen molar-refractivity contribution in [3.8, 4) is 11.1 Å². The smallest absolute Gasteiger partial charge is 0.156 e. The van der Waals surface area contributed by atoms with Gasteiger partial charge in [0.05, 0.1) is 12.8 Å². The Morgan fingerprint density at radius 3 is 2.51 bits per heavy atom. The van der Waals surface area contributed by atoms with Gasteiger partial charge in [0.25, 0.3) is 0 Å². The van der Waals surface area contributed by atoms with Crippen LogP contribution >= 0.6 is 0 Å². The molecule has 0 aliphatic carbocycles. The van der Waals surface area contributed by atoms with Crippen molar-refractivity contribution in [1.29, 1.82) is 0 Å². The standard InChI is InChI=1S/C44H57N3O2/c1-11-18-43(47-31-40(30-45-47)39-22-17-20-33(5)27-39)46-41-29-42(49-44(41)38(10)26-34(6)23-25-48-24-12-2)37(9)28-36(8)35(7)21-16-14-13-15-19-32(3)4/h11,16-17,20-22,27-31H,1,3,6,10,12-15,18-19,23-26H2,2,4-5,7-9H3/b21-16+,36-35-,37-28+,46-43+. The number of furan rings is 1. The maximum absolute atomic E-state index is 6.56. The van der Waals surface area contributed by atoms with Gasteiger partial charge < -0.3 is 9.15 Å². The summed E-state index contributed by atoms with van der Waals surface area (Å²) in [6.45, 7) is 30.8. The number of hydrogen-bond acceptors (Lipinski definition) is 4. The SMILES string of the molecule is C=CC/C(=N\c1cc(/C(C)=C/C(C)=C(C)\C=C\CCCCC(=C)C)oc1C(=C)CC(=C)CCOCCC)n1cc(-c2cccc(C)c2)cn1. The molecule has 260 valence electrons. The molecule has 0 saturated carbocycles. The van der Waals surface area contributed by atoms with Crippen LogP contribution in [0, 0.1) is 6.92 Å². The van der Waals surface area contributed by atoms with Crippen LogP contribution in [-0.2, 0) is 4.74 Å². The van der Waals surface area contributed by atoms with Gasteiger partial charge in [-0.25, -0.2) is 9.67 Å². The number of aryl methyl sites for hydroxylation is 1. The summed E-state index contributed by atoms with van der Waals surface area (Å²) in [5.74, 6) is 2.14. The van der Waals surface area contributed by atoms with Gasteiger partial charge in [0.15, 0.2) is 5.76 Å². The number of unbranched alkanes of at least 4 members (excludes halogenated alkanes) is 2. The van der Waals surface area contributed by atoms with Crippen LogP contribution in [0.25, 0.3) is 22.3 Å². The second-order valence-corrected chi connectivity index (χ2v) is 13.1. The molecule has 5 heteroatoms. The predicted molar refractivity (Wildman–Crippen MR) is 211 cm³/mol. The van der Waals surface area contributed by atoms with Crippen molar-refractivity contribution >= 4 is 22.7 Å². The zero-order chi connectivity index (χ0) is 35.8. The summed E-state index contributed by atoms with van der Waals surface area (Å²) in [5.41, 5.74) is 10.6. The Labute approximate surface area is 295 Å². The monoisotopic (exact) mass is 659 g/mol. The van der Waals surface area contributed by atoms with Crippen LogP contribution in [0.5, 0.6) is 0 Å². The molecule has 0 amide bonds. The molecule has 0 spiro atoms. The fraction of sp³-hybridized carbons (Fsp3) is 0.364. The molecule has 0 aliphatic rings. The summed E-state index contributed by atoms with van der Waals surface area (Å²) in [7, 11) is 0. The van der Waals surface area contributed by atoms with Gasteiger partial charge in [-0.05, 0) is 107 Å². The van der Waals surface area contributed by atoms with Gasteiger partial charge in [-0.15, -0.1) is 13.2 Å². The molecule has 0 fully saturated rings. The van der Waals surface area contributed by atoms with E-state index in [1.165, 1.54) is 35.1 Å². The fourth-order valence-corrected chi connectivity index (χ4v) is 5.33. The molecule has 3 rings (SSSR count). The molecule has 1 aromatic carbocycles. The third-order valence-electron chi connectivity index (χ3n) is 8.26. The zero-order valence-corrected chi connectivity index (χ0v) is 30.9. The topological polar surface area (TPSA) is 52.6 Å². The molecular weight excluding hydrogens is 603 g/mol. The lowest BCUT2D eigenvalue weighted by Crippen LogP contribution is -2.11. The largest absolute Gasteiger partial charge is 0.454 e. The summed E-state index contributed by atoms with van der Waals surface area (Å²) in [5, 5.41) is 4.69. The molecule has 49 heavy (non-hydrogen) atoms.